The molecule has 0 aliphatic heterocycles. The number of hydrogen-bond donors (Lipinski definition) is 2. The third-order valence-electron chi connectivity index (χ3n) is 3.94. The van der Waals surface area contributed by atoms with Gasteiger partial charge in [-0.3, -0.25) is 0 Å². The highest BCUT2D eigenvalue weighted by Gasteiger charge is 2.17. The van der Waals surface area contributed by atoms with E-state index < -0.39 is 5.82 Å². The smallest absolute Gasteiger partial charge is 0.169 e. The minimum atomic E-state index is -0.608. The Morgan fingerprint density at radius 1 is 1.31 bits per heavy atom. The fourth-order valence-electron chi connectivity index (χ4n) is 2.80. The van der Waals surface area contributed by atoms with Crippen molar-refractivity contribution >= 4 is 52.4 Å². The molecule has 0 aliphatic carbocycles. The molecule has 0 bridgehead atoms. The van der Waals surface area contributed by atoms with Crippen molar-refractivity contribution in [1.82, 2.24) is 24.7 Å². The number of nitrogen functional groups attached to an aromatic ring is 1. The van der Waals surface area contributed by atoms with Gasteiger partial charge < -0.3 is 11.1 Å². The van der Waals surface area contributed by atoms with Crippen molar-refractivity contribution in [3.05, 3.63) is 58.9 Å². The summed E-state index contributed by atoms with van der Waals surface area (Å²) in [6.45, 7) is 1.70. The molecule has 0 radical (unpaired) electrons. The number of benzene rings is 1. The third-order valence-corrected chi connectivity index (χ3v) is 4.25. The van der Waals surface area contributed by atoms with E-state index in [1.807, 2.05) is 0 Å². The topological polar surface area (TPSA) is 118 Å². The molecule has 146 valence electrons. The van der Waals surface area contributed by atoms with Gasteiger partial charge in [0.05, 0.1) is 22.2 Å². The summed E-state index contributed by atoms with van der Waals surface area (Å²) in [7, 11) is 0. The molecule has 0 aliphatic rings. The summed E-state index contributed by atoms with van der Waals surface area (Å²) in [4.78, 5) is 12.3. The second-order valence-electron chi connectivity index (χ2n) is 5.89. The van der Waals surface area contributed by atoms with Gasteiger partial charge in [-0.05, 0) is 19.1 Å². The number of anilines is 3. The molecule has 3 heterocycles. The summed E-state index contributed by atoms with van der Waals surface area (Å²) in [6.07, 6.45) is 2.60. The normalized spacial score (nSPS) is 10.4. The SMILES string of the molecule is Cc1nc(N)cc(Nc2ncc(F)c3nn(-c4c(Cl)cccc4C#N)cc23)n1.Cl. The summed E-state index contributed by atoms with van der Waals surface area (Å²) in [5.41, 5.74) is 6.48. The van der Waals surface area contributed by atoms with Crippen LogP contribution in [-0.4, -0.2) is 24.7 Å². The van der Waals surface area contributed by atoms with Crippen LogP contribution in [-0.2, 0) is 0 Å². The summed E-state index contributed by atoms with van der Waals surface area (Å²) < 4.78 is 15.7. The van der Waals surface area contributed by atoms with Crippen molar-refractivity contribution in [2.24, 2.45) is 0 Å². The molecule has 1 aromatic carbocycles. The standard InChI is InChI=1S/C18H12ClFN8.ClH/c1-9-24-14(22)5-15(25-9)26-18-11-8-28(27-16(11)13(20)7-23-18)17-10(6-21)3-2-4-12(17)19;/h2-5,7-8H,1H3,(H3,22,23,24,25,26);1H. The van der Waals surface area contributed by atoms with Crippen LogP contribution >= 0.6 is 24.0 Å². The molecule has 0 saturated carbocycles. The number of para-hydroxylation sites is 1. The molecule has 11 heteroatoms. The first-order valence-corrected chi connectivity index (χ1v) is 8.45. The Balaban J connectivity index is 0.00000240. The summed E-state index contributed by atoms with van der Waals surface area (Å²) in [6, 6.07) is 8.49. The van der Waals surface area contributed by atoms with Gasteiger partial charge in [0, 0.05) is 12.3 Å². The van der Waals surface area contributed by atoms with E-state index in [1.54, 1.807) is 31.3 Å². The first-order chi connectivity index (χ1) is 13.5. The molecule has 3 N–H and O–H groups in total. The van der Waals surface area contributed by atoms with Gasteiger partial charge in [0.2, 0.25) is 0 Å². The average Bonchev–Trinajstić information content (AvgIpc) is 3.09. The highest BCUT2D eigenvalue weighted by molar-refractivity contribution is 6.32. The molecule has 0 amide bonds. The maximum atomic E-state index is 14.3. The second-order valence-corrected chi connectivity index (χ2v) is 6.30. The van der Waals surface area contributed by atoms with Crippen molar-refractivity contribution in [1.29, 1.82) is 5.26 Å². The summed E-state index contributed by atoms with van der Waals surface area (Å²) >= 11 is 6.25. The van der Waals surface area contributed by atoms with Crippen LogP contribution in [0.15, 0.2) is 36.7 Å². The largest absolute Gasteiger partial charge is 0.384 e. The molecule has 29 heavy (non-hydrogen) atoms. The zero-order valence-corrected chi connectivity index (χ0v) is 16.5. The number of nitrogens with two attached hydrogens (primary N) is 1. The Kier molecular flexibility index (Phi) is 5.50. The van der Waals surface area contributed by atoms with Crippen molar-refractivity contribution in [2.45, 2.75) is 6.92 Å². The molecule has 0 saturated heterocycles. The van der Waals surface area contributed by atoms with Crippen molar-refractivity contribution < 1.29 is 4.39 Å². The number of nitrogens with one attached hydrogen (secondary N) is 1. The minimum Gasteiger partial charge on any atom is -0.384 e. The molecule has 4 aromatic rings. The number of pyridine rings is 1. The van der Waals surface area contributed by atoms with E-state index >= 15 is 0 Å². The molecule has 0 spiro atoms. The molecule has 4 rings (SSSR count). The summed E-state index contributed by atoms with van der Waals surface area (Å²) in [5, 5.41) is 17.3. The first-order valence-electron chi connectivity index (χ1n) is 8.07. The lowest BCUT2D eigenvalue weighted by atomic mass is 10.2. The van der Waals surface area contributed by atoms with Crippen molar-refractivity contribution in [3.63, 3.8) is 0 Å². The zero-order chi connectivity index (χ0) is 19.8. The lowest BCUT2D eigenvalue weighted by Crippen LogP contribution is -2.02. The Morgan fingerprint density at radius 2 is 2.10 bits per heavy atom. The first kappa shape index (κ1) is 20.3. The van der Waals surface area contributed by atoms with E-state index in [2.05, 4.69) is 31.4 Å². The van der Waals surface area contributed by atoms with E-state index in [9.17, 15) is 9.65 Å². The van der Waals surface area contributed by atoms with Crippen LogP contribution in [0.4, 0.5) is 21.8 Å². The van der Waals surface area contributed by atoms with Gasteiger partial charge in [-0.2, -0.15) is 10.4 Å². The van der Waals surface area contributed by atoms with E-state index in [0.717, 1.165) is 6.20 Å². The van der Waals surface area contributed by atoms with Crippen molar-refractivity contribution in [3.8, 4) is 11.8 Å². The van der Waals surface area contributed by atoms with Gasteiger partial charge in [-0.25, -0.2) is 24.0 Å². The number of aryl methyl sites for hydroxylation is 1. The van der Waals surface area contributed by atoms with E-state index in [4.69, 9.17) is 17.3 Å². The number of aromatic nitrogens is 5. The zero-order valence-electron chi connectivity index (χ0n) is 14.9. The monoisotopic (exact) mass is 430 g/mol. The number of halogens is 3. The molecule has 8 nitrogen and oxygen atoms in total. The van der Waals surface area contributed by atoms with Crippen LogP contribution in [0.3, 0.4) is 0 Å². The van der Waals surface area contributed by atoms with E-state index in [1.165, 1.54) is 10.7 Å². The Bertz CT molecular complexity index is 1240. The highest BCUT2D eigenvalue weighted by atomic mass is 35.5. The number of nitriles is 1. The van der Waals surface area contributed by atoms with Gasteiger partial charge in [-0.1, -0.05) is 17.7 Å². The quantitative estimate of drug-likeness (QED) is 0.505. The van der Waals surface area contributed by atoms with Crippen LogP contribution in [0.1, 0.15) is 11.4 Å². The number of fused-ring (bicyclic) bond motifs is 1. The predicted octanol–water partition coefficient (Wildman–Crippen LogP) is 3.93. The summed E-state index contributed by atoms with van der Waals surface area (Å²) in [5.74, 6) is 0.896. The van der Waals surface area contributed by atoms with Crippen LogP contribution in [0.5, 0.6) is 0 Å². The van der Waals surface area contributed by atoms with Gasteiger partial charge in [0.1, 0.15) is 40.6 Å². The van der Waals surface area contributed by atoms with Crippen LogP contribution in [0, 0.1) is 24.1 Å². The van der Waals surface area contributed by atoms with Crippen LogP contribution in [0.25, 0.3) is 16.6 Å². The highest BCUT2D eigenvalue weighted by Crippen LogP contribution is 2.29. The molecule has 3 aromatic heterocycles. The van der Waals surface area contributed by atoms with Crippen molar-refractivity contribution in [2.75, 3.05) is 11.1 Å². The fourth-order valence-corrected chi connectivity index (χ4v) is 3.07. The number of rotatable bonds is 3. The maximum absolute atomic E-state index is 14.3. The van der Waals surface area contributed by atoms with E-state index in [0.29, 0.717) is 44.9 Å². The van der Waals surface area contributed by atoms with Gasteiger partial charge in [0.25, 0.3) is 0 Å². The molecular weight excluding hydrogens is 418 g/mol. The van der Waals surface area contributed by atoms with Crippen LogP contribution in [0.2, 0.25) is 5.02 Å². The molecule has 0 unspecified atom stereocenters. The van der Waals surface area contributed by atoms with E-state index in [-0.39, 0.29) is 17.9 Å². The third kappa shape index (κ3) is 3.76. The lowest BCUT2D eigenvalue weighted by Gasteiger charge is -2.07. The Labute approximate surface area is 175 Å². The fraction of sp³-hybridized carbons (Fsp3) is 0.0556. The Hall–Kier alpha value is -3.48. The molecule has 0 atom stereocenters. The maximum Gasteiger partial charge on any atom is 0.169 e. The number of nitrogens with zero attached hydrogens (tertiary/aromatic N) is 6. The number of hydrogen-bond acceptors (Lipinski definition) is 7. The van der Waals surface area contributed by atoms with Gasteiger partial charge in [0.15, 0.2) is 5.82 Å². The van der Waals surface area contributed by atoms with Gasteiger partial charge >= 0.3 is 0 Å². The lowest BCUT2D eigenvalue weighted by molar-refractivity contribution is 0.629. The van der Waals surface area contributed by atoms with Gasteiger partial charge in [-0.15, -0.1) is 12.4 Å². The molecule has 0 fully saturated rings. The second kappa shape index (κ2) is 7.87. The predicted molar refractivity (Wildman–Crippen MR) is 110 cm³/mol. The minimum absolute atomic E-state index is 0. The van der Waals surface area contributed by atoms with Crippen LogP contribution < -0.4 is 11.1 Å². The Morgan fingerprint density at radius 3 is 2.83 bits per heavy atom. The molecular formula is C18H13Cl2FN8. The average molecular weight is 431 g/mol.